The molecule has 2 aliphatic rings. The Hall–Kier alpha value is -2.20. The number of carbonyl (C=O) groups excluding carboxylic acids is 1. The summed E-state index contributed by atoms with van der Waals surface area (Å²) in [5.41, 5.74) is 4.07. The lowest BCUT2D eigenvalue weighted by atomic mass is 9.99. The second kappa shape index (κ2) is 6.96. The van der Waals surface area contributed by atoms with Crippen molar-refractivity contribution >= 4 is 5.91 Å². The molecule has 1 amide bonds. The minimum absolute atomic E-state index is 0.124. The molecule has 1 aliphatic heterocycles. The largest absolute Gasteiger partial charge is 0.354 e. The number of nitrogens with zero attached hydrogens (tertiary/aromatic N) is 2. The number of aromatic nitrogens is 1. The third-order valence-corrected chi connectivity index (χ3v) is 5.60. The highest BCUT2D eigenvalue weighted by atomic mass is 16.2. The number of hydrogen-bond acceptors (Lipinski definition) is 3. The molecule has 4 rings (SSSR count). The van der Waals surface area contributed by atoms with Crippen LogP contribution < -0.4 is 5.32 Å². The van der Waals surface area contributed by atoms with Crippen LogP contribution in [0.3, 0.4) is 0 Å². The van der Waals surface area contributed by atoms with Gasteiger partial charge in [0.15, 0.2) is 0 Å². The highest BCUT2D eigenvalue weighted by Crippen LogP contribution is 2.47. The third kappa shape index (κ3) is 3.59. The van der Waals surface area contributed by atoms with Crippen molar-refractivity contribution in [2.45, 2.75) is 38.3 Å². The summed E-state index contributed by atoms with van der Waals surface area (Å²) in [6, 6.07) is 13.0. The van der Waals surface area contributed by atoms with Gasteiger partial charge in [0.2, 0.25) is 5.91 Å². The Morgan fingerprint density at radius 2 is 2.12 bits per heavy atom. The summed E-state index contributed by atoms with van der Waals surface area (Å²) >= 11 is 0. The van der Waals surface area contributed by atoms with Crippen molar-refractivity contribution in [3.8, 4) is 0 Å². The predicted octanol–water partition coefficient (Wildman–Crippen LogP) is 2.75. The zero-order chi connectivity index (χ0) is 17.2. The number of hydrogen-bond donors (Lipinski definition) is 1. The summed E-state index contributed by atoms with van der Waals surface area (Å²) < 4.78 is 0. The highest BCUT2D eigenvalue weighted by molar-refractivity contribution is 5.82. The smallest absolute Gasteiger partial charge is 0.223 e. The molecular weight excluding hydrogens is 310 g/mol. The van der Waals surface area contributed by atoms with Crippen LogP contribution in [0, 0.1) is 5.92 Å². The first kappa shape index (κ1) is 16.3. The normalized spacial score (nSPS) is 23.6. The van der Waals surface area contributed by atoms with Crippen LogP contribution in [0.25, 0.3) is 0 Å². The van der Waals surface area contributed by atoms with E-state index in [4.69, 9.17) is 0 Å². The zero-order valence-corrected chi connectivity index (χ0v) is 14.7. The number of pyridine rings is 1. The SMILES string of the molecule is C[C@H](CNC(=O)[C@@H]1C[C@@H]1c1cccnc1)N1CCc2ccccc2C1. The fourth-order valence-corrected chi connectivity index (χ4v) is 3.85. The lowest BCUT2D eigenvalue weighted by Crippen LogP contribution is -2.44. The van der Waals surface area contributed by atoms with Crippen LogP contribution in [0.2, 0.25) is 0 Å². The van der Waals surface area contributed by atoms with E-state index in [0.717, 1.165) is 32.5 Å². The molecule has 0 saturated heterocycles. The molecule has 0 unspecified atom stereocenters. The van der Waals surface area contributed by atoms with Gasteiger partial charge in [-0.2, -0.15) is 0 Å². The van der Waals surface area contributed by atoms with Crippen molar-refractivity contribution in [2.75, 3.05) is 13.1 Å². The first-order chi connectivity index (χ1) is 12.2. The second-order valence-corrected chi connectivity index (χ2v) is 7.32. The first-order valence-corrected chi connectivity index (χ1v) is 9.21. The second-order valence-electron chi connectivity index (χ2n) is 7.32. The van der Waals surface area contributed by atoms with Crippen LogP contribution in [0.1, 0.15) is 36.0 Å². The van der Waals surface area contributed by atoms with E-state index in [2.05, 4.69) is 52.5 Å². The van der Waals surface area contributed by atoms with Gasteiger partial charge in [-0.1, -0.05) is 30.3 Å². The van der Waals surface area contributed by atoms with Crippen molar-refractivity contribution in [3.63, 3.8) is 0 Å². The monoisotopic (exact) mass is 335 g/mol. The predicted molar refractivity (Wildman–Crippen MR) is 98.1 cm³/mol. The topological polar surface area (TPSA) is 45.2 Å². The Morgan fingerprint density at radius 1 is 1.28 bits per heavy atom. The number of rotatable bonds is 5. The minimum atomic E-state index is 0.124. The summed E-state index contributed by atoms with van der Waals surface area (Å²) in [7, 11) is 0. The molecule has 1 aliphatic carbocycles. The molecule has 25 heavy (non-hydrogen) atoms. The average Bonchev–Trinajstić information content (AvgIpc) is 3.47. The summed E-state index contributed by atoms with van der Waals surface area (Å²) in [5.74, 6) is 0.669. The molecule has 130 valence electrons. The molecule has 3 atom stereocenters. The van der Waals surface area contributed by atoms with E-state index in [0.29, 0.717) is 12.0 Å². The van der Waals surface area contributed by atoms with Gasteiger partial charge in [0.05, 0.1) is 0 Å². The maximum atomic E-state index is 12.4. The van der Waals surface area contributed by atoms with Crippen molar-refractivity contribution in [1.82, 2.24) is 15.2 Å². The van der Waals surface area contributed by atoms with Crippen molar-refractivity contribution in [2.24, 2.45) is 5.92 Å². The molecule has 2 aromatic rings. The van der Waals surface area contributed by atoms with E-state index in [-0.39, 0.29) is 11.8 Å². The Balaban J connectivity index is 1.27. The summed E-state index contributed by atoms with van der Waals surface area (Å²) in [6.45, 7) is 4.97. The Bertz CT molecular complexity index is 746. The number of amides is 1. The van der Waals surface area contributed by atoms with Gasteiger partial charge in [0.25, 0.3) is 0 Å². The fourth-order valence-electron chi connectivity index (χ4n) is 3.85. The quantitative estimate of drug-likeness (QED) is 0.914. The van der Waals surface area contributed by atoms with Gasteiger partial charge in [-0.15, -0.1) is 0 Å². The Labute approximate surface area is 149 Å². The number of benzene rings is 1. The maximum Gasteiger partial charge on any atom is 0.223 e. The molecule has 1 fully saturated rings. The van der Waals surface area contributed by atoms with Crippen LogP contribution >= 0.6 is 0 Å². The van der Waals surface area contributed by atoms with Crippen LogP contribution in [-0.4, -0.2) is 34.9 Å². The maximum absolute atomic E-state index is 12.4. The summed E-state index contributed by atoms with van der Waals surface area (Å²) in [6.07, 6.45) is 5.70. The van der Waals surface area contributed by atoms with E-state index in [1.807, 2.05) is 12.3 Å². The molecule has 1 aromatic heterocycles. The van der Waals surface area contributed by atoms with E-state index < -0.39 is 0 Å². The van der Waals surface area contributed by atoms with E-state index in [1.54, 1.807) is 6.20 Å². The molecule has 1 aromatic carbocycles. The molecule has 1 N–H and O–H groups in total. The minimum Gasteiger partial charge on any atom is -0.354 e. The third-order valence-electron chi connectivity index (χ3n) is 5.60. The Kier molecular flexibility index (Phi) is 4.53. The first-order valence-electron chi connectivity index (χ1n) is 9.21. The molecule has 2 heterocycles. The van der Waals surface area contributed by atoms with E-state index in [9.17, 15) is 4.79 Å². The van der Waals surface area contributed by atoms with Gasteiger partial charge < -0.3 is 5.32 Å². The molecule has 1 saturated carbocycles. The van der Waals surface area contributed by atoms with Gasteiger partial charge in [0.1, 0.15) is 0 Å². The summed E-state index contributed by atoms with van der Waals surface area (Å²) in [4.78, 5) is 19.0. The number of fused-ring (bicyclic) bond motifs is 1. The van der Waals surface area contributed by atoms with Crippen LogP contribution in [0.15, 0.2) is 48.8 Å². The lowest BCUT2D eigenvalue weighted by molar-refractivity contribution is -0.122. The van der Waals surface area contributed by atoms with Crippen LogP contribution in [-0.2, 0) is 17.8 Å². The van der Waals surface area contributed by atoms with E-state index in [1.165, 1.54) is 16.7 Å². The number of nitrogens with one attached hydrogen (secondary N) is 1. The summed E-state index contributed by atoms with van der Waals surface area (Å²) in [5, 5.41) is 3.16. The lowest BCUT2D eigenvalue weighted by Gasteiger charge is -2.33. The molecule has 0 spiro atoms. The van der Waals surface area contributed by atoms with Crippen molar-refractivity contribution in [1.29, 1.82) is 0 Å². The van der Waals surface area contributed by atoms with Gasteiger partial charge >= 0.3 is 0 Å². The average molecular weight is 335 g/mol. The van der Waals surface area contributed by atoms with Crippen LogP contribution in [0.5, 0.6) is 0 Å². The molecule has 0 bridgehead atoms. The van der Waals surface area contributed by atoms with Gasteiger partial charge in [-0.25, -0.2) is 0 Å². The van der Waals surface area contributed by atoms with Crippen molar-refractivity contribution in [3.05, 3.63) is 65.5 Å². The standard InChI is InChI=1S/C21H25N3O/c1-15(24-10-8-16-5-2-3-6-18(16)14-24)12-23-21(25)20-11-19(20)17-7-4-9-22-13-17/h2-7,9,13,15,19-20H,8,10-12,14H2,1H3,(H,23,25)/t15-,19-,20-/m1/s1. The van der Waals surface area contributed by atoms with E-state index >= 15 is 0 Å². The van der Waals surface area contributed by atoms with Gasteiger partial charge in [-0.3, -0.25) is 14.7 Å². The Morgan fingerprint density at radius 3 is 2.92 bits per heavy atom. The molecule has 4 nitrogen and oxygen atoms in total. The fraction of sp³-hybridized carbons (Fsp3) is 0.429. The molecular formula is C21H25N3O. The van der Waals surface area contributed by atoms with Gasteiger partial charge in [0, 0.05) is 44.0 Å². The molecule has 4 heteroatoms. The van der Waals surface area contributed by atoms with Crippen molar-refractivity contribution < 1.29 is 4.79 Å². The molecule has 0 radical (unpaired) electrons. The number of carbonyl (C=O) groups is 1. The highest BCUT2D eigenvalue weighted by Gasteiger charge is 2.44. The van der Waals surface area contributed by atoms with Crippen LogP contribution in [0.4, 0.5) is 0 Å². The van der Waals surface area contributed by atoms with Gasteiger partial charge in [-0.05, 0) is 48.4 Å². The zero-order valence-electron chi connectivity index (χ0n) is 14.7.